The summed E-state index contributed by atoms with van der Waals surface area (Å²) in [6.45, 7) is 11.5. The van der Waals surface area contributed by atoms with Crippen LogP contribution in [0, 0.1) is 5.92 Å². The lowest BCUT2D eigenvalue weighted by molar-refractivity contribution is 0.0773. The molecule has 0 aliphatic carbocycles. The summed E-state index contributed by atoms with van der Waals surface area (Å²) in [5, 5.41) is 6.71. The Kier molecular flexibility index (Phi) is 13.1. The predicted molar refractivity (Wildman–Crippen MR) is 121 cm³/mol. The highest BCUT2D eigenvalue weighted by atomic mass is 127. The van der Waals surface area contributed by atoms with Gasteiger partial charge in [-0.05, 0) is 37.5 Å². The summed E-state index contributed by atoms with van der Waals surface area (Å²) >= 11 is 0. The summed E-state index contributed by atoms with van der Waals surface area (Å²) in [4.78, 5) is 18.4. The van der Waals surface area contributed by atoms with Gasteiger partial charge in [-0.1, -0.05) is 38.8 Å². The quantitative estimate of drug-likeness (QED) is 0.325. The van der Waals surface area contributed by atoms with Gasteiger partial charge in [-0.3, -0.25) is 9.79 Å². The molecular weight excluding hydrogens is 439 g/mol. The molecule has 0 unspecified atom stereocenters. The SMILES string of the molecule is CCC(CC)CNC(=NC)NCc1ccc(C(=O)N(CC)CC)cc1.I. The van der Waals surface area contributed by atoms with Gasteiger partial charge in [-0.25, -0.2) is 0 Å². The lowest BCUT2D eigenvalue weighted by Gasteiger charge is -2.19. The summed E-state index contributed by atoms with van der Waals surface area (Å²) in [6, 6.07) is 7.80. The van der Waals surface area contributed by atoms with E-state index in [1.165, 1.54) is 12.8 Å². The van der Waals surface area contributed by atoms with Crippen LogP contribution in [0.4, 0.5) is 0 Å². The fourth-order valence-corrected chi connectivity index (χ4v) is 2.68. The highest BCUT2D eigenvalue weighted by molar-refractivity contribution is 14.0. The first-order chi connectivity index (χ1) is 12.1. The molecule has 0 aromatic heterocycles. The lowest BCUT2D eigenvalue weighted by Crippen LogP contribution is -2.39. The maximum atomic E-state index is 12.3. The van der Waals surface area contributed by atoms with E-state index in [1.807, 2.05) is 43.0 Å². The van der Waals surface area contributed by atoms with E-state index >= 15 is 0 Å². The first-order valence-corrected chi connectivity index (χ1v) is 9.42. The van der Waals surface area contributed by atoms with Crippen LogP contribution in [0.3, 0.4) is 0 Å². The van der Waals surface area contributed by atoms with E-state index in [9.17, 15) is 4.79 Å². The molecule has 0 atom stereocenters. The highest BCUT2D eigenvalue weighted by Gasteiger charge is 2.12. The van der Waals surface area contributed by atoms with Gasteiger partial charge in [0.25, 0.3) is 5.91 Å². The van der Waals surface area contributed by atoms with Gasteiger partial charge < -0.3 is 15.5 Å². The molecule has 0 bridgehead atoms. The largest absolute Gasteiger partial charge is 0.356 e. The minimum Gasteiger partial charge on any atom is -0.356 e. The Labute approximate surface area is 176 Å². The van der Waals surface area contributed by atoms with Crippen LogP contribution in [0.1, 0.15) is 56.5 Å². The molecule has 0 fully saturated rings. The third kappa shape index (κ3) is 7.93. The Balaban J connectivity index is 0.00000625. The zero-order valence-corrected chi connectivity index (χ0v) is 19.2. The van der Waals surface area contributed by atoms with E-state index in [2.05, 4.69) is 29.5 Å². The molecule has 26 heavy (non-hydrogen) atoms. The minimum atomic E-state index is 0. The van der Waals surface area contributed by atoms with Crippen molar-refractivity contribution in [3.63, 3.8) is 0 Å². The zero-order chi connectivity index (χ0) is 18.7. The van der Waals surface area contributed by atoms with Crippen LogP contribution in [0.15, 0.2) is 29.3 Å². The average molecular weight is 474 g/mol. The number of amides is 1. The molecule has 2 N–H and O–H groups in total. The van der Waals surface area contributed by atoms with Crippen molar-refractivity contribution in [2.45, 2.75) is 47.1 Å². The zero-order valence-electron chi connectivity index (χ0n) is 16.8. The van der Waals surface area contributed by atoms with Crippen molar-refractivity contribution in [3.8, 4) is 0 Å². The third-order valence-electron chi connectivity index (χ3n) is 4.65. The second-order valence-electron chi connectivity index (χ2n) is 6.16. The van der Waals surface area contributed by atoms with E-state index in [1.54, 1.807) is 7.05 Å². The molecule has 0 aliphatic heterocycles. The molecule has 0 heterocycles. The molecule has 0 spiro atoms. The number of hydrogen-bond acceptors (Lipinski definition) is 2. The molecule has 6 heteroatoms. The van der Waals surface area contributed by atoms with Gasteiger partial charge in [0.05, 0.1) is 0 Å². The van der Waals surface area contributed by atoms with Crippen molar-refractivity contribution >= 4 is 35.8 Å². The van der Waals surface area contributed by atoms with Crippen molar-refractivity contribution in [1.82, 2.24) is 15.5 Å². The van der Waals surface area contributed by atoms with Gasteiger partial charge in [-0.2, -0.15) is 0 Å². The number of aliphatic imine (C=N–C) groups is 1. The lowest BCUT2D eigenvalue weighted by atomic mass is 10.0. The first-order valence-electron chi connectivity index (χ1n) is 9.42. The standard InChI is InChI=1S/C20H34N4O.HI/c1-6-16(7-2)14-22-20(21-5)23-15-17-10-12-18(13-11-17)19(25)24(8-3)9-4;/h10-13,16H,6-9,14-15H2,1-5H3,(H2,21,22,23);1H. The molecule has 0 saturated carbocycles. The van der Waals surface area contributed by atoms with Crippen LogP contribution in [0.5, 0.6) is 0 Å². The molecule has 1 aromatic carbocycles. The number of benzene rings is 1. The van der Waals surface area contributed by atoms with Crippen LogP contribution < -0.4 is 10.6 Å². The second kappa shape index (κ2) is 13.8. The van der Waals surface area contributed by atoms with Gasteiger partial charge in [-0.15, -0.1) is 24.0 Å². The number of carbonyl (C=O) groups excluding carboxylic acids is 1. The molecule has 148 valence electrons. The van der Waals surface area contributed by atoms with Crippen molar-refractivity contribution in [1.29, 1.82) is 0 Å². The number of carbonyl (C=O) groups is 1. The Morgan fingerprint density at radius 2 is 1.62 bits per heavy atom. The van der Waals surface area contributed by atoms with Crippen LogP contribution in [-0.2, 0) is 6.54 Å². The monoisotopic (exact) mass is 474 g/mol. The predicted octanol–water partition coefficient (Wildman–Crippen LogP) is 3.89. The molecule has 1 aromatic rings. The van der Waals surface area contributed by atoms with E-state index in [0.29, 0.717) is 12.5 Å². The van der Waals surface area contributed by atoms with Gasteiger partial charge in [0.2, 0.25) is 0 Å². The Hall–Kier alpha value is -1.31. The number of rotatable bonds is 9. The summed E-state index contributed by atoms with van der Waals surface area (Å²) < 4.78 is 0. The summed E-state index contributed by atoms with van der Waals surface area (Å²) in [7, 11) is 1.79. The number of nitrogens with one attached hydrogen (secondary N) is 2. The normalized spacial score (nSPS) is 11.1. The summed E-state index contributed by atoms with van der Waals surface area (Å²) in [5.41, 5.74) is 1.87. The van der Waals surface area contributed by atoms with E-state index in [0.717, 1.165) is 36.7 Å². The second-order valence-corrected chi connectivity index (χ2v) is 6.16. The Bertz CT molecular complexity index is 537. The van der Waals surface area contributed by atoms with Crippen LogP contribution in [0.25, 0.3) is 0 Å². The van der Waals surface area contributed by atoms with Crippen molar-refractivity contribution in [2.24, 2.45) is 10.9 Å². The molecule has 5 nitrogen and oxygen atoms in total. The Morgan fingerprint density at radius 1 is 1.04 bits per heavy atom. The van der Waals surface area contributed by atoms with Gasteiger partial charge in [0.15, 0.2) is 5.96 Å². The Morgan fingerprint density at radius 3 is 2.08 bits per heavy atom. The number of nitrogens with zero attached hydrogens (tertiary/aromatic N) is 2. The summed E-state index contributed by atoms with van der Waals surface area (Å²) in [6.07, 6.45) is 2.34. The van der Waals surface area contributed by atoms with Crippen LogP contribution >= 0.6 is 24.0 Å². The number of halogens is 1. The smallest absolute Gasteiger partial charge is 0.253 e. The van der Waals surface area contributed by atoms with E-state index in [-0.39, 0.29) is 29.9 Å². The first kappa shape index (κ1) is 24.7. The van der Waals surface area contributed by atoms with Gasteiger partial charge in [0, 0.05) is 38.8 Å². The molecular formula is C20H35IN4O. The van der Waals surface area contributed by atoms with Crippen LogP contribution in [0.2, 0.25) is 0 Å². The molecule has 0 aliphatic rings. The fourth-order valence-electron chi connectivity index (χ4n) is 2.68. The molecule has 1 amide bonds. The molecule has 1 rings (SSSR count). The third-order valence-corrected chi connectivity index (χ3v) is 4.65. The maximum Gasteiger partial charge on any atom is 0.253 e. The minimum absolute atomic E-state index is 0. The van der Waals surface area contributed by atoms with Crippen molar-refractivity contribution in [2.75, 3.05) is 26.7 Å². The maximum absolute atomic E-state index is 12.3. The highest BCUT2D eigenvalue weighted by Crippen LogP contribution is 2.08. The average Bonchev–Trinajstić information content (AvgIpc) is 2.66. The van der Waals surface area contributed by atoms with E-state index in [4.69, 9.17) is 0 Å². The summed E-state index contributed by atoms with van der Waals surface area (Å²) in [5.74, 6) is 1.58. The molecule has 0 radical (unpaired) electrons. The van der Waals surface area contributed by atoms with Gasteiger partial charge in [0.1, 0.15) is 0 Å². The topological polar surface area (TPSA) is 56.7 Å². The number of hydrogen-bond donors (Lipinski definition) is 2. The molecule has 0 saturated heterocycles. The van der Waals surface area contributed by atoms with Crippen molar-refractivity contribution < 1.29 is 4.79 Å². The fraction of sp³-hybridized carbons (Fsp3) is 0.600. The van der Waals surface area contributed by atoms with Gasteiger partial charge >= 0.3 is 0 Å². The van der Waals surface area contributed by atoms with Crippen LogP contribution in [-0.4, -0.2) is 43.4 Å². The number of guanidine groups is 1. The van der Waals surface area contributed by atoms with E-state index < -0.39 is 0 Å². The van der Waals surface area contributed by atoms with Crippen molar-refractivity contribution in [3.05, 3.63) is 35.4 Å².